The zero-order valence-corrected chi connectivity index (χ0v) is 11.8. The second kappa shape index (κ2) is 5.51. The Morgan fingerprint density at radius 3 is 2.71 bits per heavy atom. The Labute approximate surface area is 109 Å². The predicted octanol–water partition coefficient (Wildman–Crippen LogP) is 2.88. The molecule has 1 fully saturated rings. The SMILES string of the molecule is CC(Cc1cccs1)N(C)C1(CN)CCCC1. The van der Waals surface area contributed by atoms with Gasteiger partial charge >= 0.3 is 0 Å². The Balaban J connectivity index is 2.00. The van der Waals surface area contributed by atoms with Crippen molar-refractivity contribution in [3.05, 3.63) is 22.4 Å². The zero-order valence-electron chi connectivity index (χ0n) is 11.0. The first-order chi connectivity index (χ1) is 8.18. The quantitative estimate of drug-likeness (QED) is 0.873. The van der Waals surface area contributed by atoms with Gasteiger partial charge < -0.3 is 5.73 Å². The summed E-state index contributed by atoms with van der Waals surface area (Å²) in [5, 5.41) is 2.16. The largest absolute Gasteiger partial charge is 0.329 e. The van der Waals surface area contributed by atoms with Gasteiger partial charge in [0.1, 0.15) is 0 Å². The van der Waals surface area contributed by atoms with Gasteiger partial charge in [-0.15, -0.1) is 11.3 Å². The van der Waals surface area contributed by atoms with Crippen molar-refractivity contribution in [3.8, 4) is 0 Å². The Morgan fingerprint density at radius 1 is 1.47 bits per heavy atom. The Hall–Kier alpha value is -0.380. The van der Waals surface area contributed by atoms with Crippen LogP contribution in [0.4, 0.5) is 0 Å². The first-order valence-electron chi connectivity index (χ1n) is 6.63. The normalized spacial score (nSPS) is 20.9. The molecular weight excluding hydrogens is 228 g/mol. The molecule has 17 heavy (non-hydrogen) atoms. The average Bonchev–Trinajstić information content (AvgIpc) is 2.99. The lowest BCUT2D eigenvalue weighted by molar-refractivity contribution is 0.0900. The van der Waals surface area contributed by atoms with E-state index in [1.54, 1.807) is 0 Å². The van der Waals surface area contributed by atoms with Gasteiger partial charge in [0.2, 0.25) is 0 Å². The smallest absolute Gasteiger partial charge is 0.0331 e. The molecule has 1 heterocycles. The van der Waals surface area contributed by atoms with Crippen LogP contribution in [-0.2, 0) is 6.42 Å². The van der Waals surface area contributed by atoms with Crippen LogP contribution < -0.4 is 5.73 Å². The maximum absolute atomic E-state index is 6.04. The van der Waals surface area contributed by atoms with Crippen molar-refractivity contribution >= 4 is 11.3 Å². The van der Waals surface area contributed by atoms with Gasteiger partial charge in [0.05, 0.1) is 0 Å². The van der Waals surface area contributed by atoms with Gasteiger partial charge in [-0.05, 0) is 44.7 Å². The highest BCUT2D eigenvalue weighted by atomic mass is 32.1. The topological polar surface area (TPSA) is 29.3 Å². The van der Waals surface area contributed by atoms with Crippen LogP contribution >= 0.6 is 11.3 Å². The predicted molar refractivity (Wildman–Crippen MR) is 75.5 cm³/mol. The third-order valence-electron chi connectivity index (χ3n) is 4.40. The highest BCUT2D eigenvalue weighted by Crippen LogP contribution is 2.35. The fraction of sp³-hybridized carbons (Fsp3) is 0.714. The van der Waals surface area contributed by atoms with Gasteiger partial charge in [0.15, 0.2) is 0 Å². The Bertz CT molecular complexity index is 328. The standard InChI is InChI=1S/C14H24N2S/c1-12(10-13-6-5-9-17-13)16(2)14(11-15)7-3-4-8-14/h5-6,9,12H,3-4,7-8,10-11,15H2,1-2H3. The minimum Gasteiger partial charge on any atom is -0.329 e. The molecule has 0 spiro atoms. The zero-order chi connectivity index (χ0) is 12.3. The second-order valence-corrected chi connectivity index (χ2v) is 6.41. The third-order valence-corrected chi connectivity index (χ3v) is 5.30. The lowest BCUT2D eigenvalue weighted by atomic mass is 9.93. The summed E-state index contributed by atoms with van der Waals surface area (Å²) in [5.41, 5.74) is 6.32. The second-order valence-electron chi connectivity index (χ2n) is 5.38. The molecule has 2 nitrogen and oxygen atoms in total. The lowest BCUT2D eigenvalue weighted by Gasteiger charge is -2.42. The van der Waals surface area contributed by atoms with Crippen LogP contribution in [0.3, 0.4) is 0 Å². The van der Waals surface area contributed by atoms with Crippen molar-refractivity contribution in [2.45, 2.75) is 50.6 Å². The van der Waals surface area contributed by atoms with Crippen LogP contribution in [0.1, 0.15) is 37.5 Å². The van der Waals surface area contributed by atoms with E-state index in [4.69, 9.17) is 5.73 Å². The van der Waals surface area contributed by atoms with E-state index in [9.17, 15) is 0 Å². The lowest BCUT2D eigenvalue weighted by Crippen LogP contribution is -2.54. The number of hydrogen-bond donors (Lipinski definition) is 1. The van der Waals surface area contributed by atoms with Crippen molar-refractivity contribution in [2.75, 3.05) is 13.6 Å². The maximum atomic E-state index is 6.04. The van der Waals surface area contributed by atoms with Crippen LogP contribution in [0.5, 0.6) is 0 Å². The van der Waals surface area contributed by atoms with Crippen LogP contribution in [0.2, 0.25) is 0 Å². The molecule has 0 saturated heterocycles. The van der Waals surface area contributed by atoms with Gasteiger partial charge in [-0.25, -0.2) is 0 Å². The summed E-state index contributed by atoms with van der Waals surface area (Å²) in [7, 11) is 2.26. The minimum atomic E-state index is 0.274. The van der Waals surface area contributed by atoms with E-state index in [0.29, 0.717) is 6.04 Å². The number of hydrogen-bond acceptors (Lipinski definition) is 3. The molecule has 3 heteroatoms. The first kappa shape index (κ1) is 13.1. The molecule has 0 bridgehead atoms. The molecular formula is C14H24N2S. The summed E-state index contributed by atoms with van der Waals surface area (Å²) in [6.45, 7) is 3.13. The molecule has 2 rings (SSSR count). The first-order valence-corrected chi connectivity index (χ1v) is 7.51. The summed E-state index contributed by atoms with van der Waals surface area (Å²) in [4.78, 5) is 4.02. The number of likely N-dealkylation sites (N-methyl/N-ethyl adjacent to an activating group) is 1. The molecule has 2 N–H and O–H groups in total. The molecule has 0 aromatic carbocycles. The molecule has 1 aromatic heterocycles. The average molecular weight is 252 g/mol. The number of thiophene rings is 1. The van der Waals surface area contributed by atoms with Crippen LogP contribution in [0.15, 0.2) is 17.5 Å². The molecule has 96 valence electrons. The summed E-state index contributed by atoms with van der Waals surface area (Å²) in [6.07, 6.45) is 6.38. The van der Waals surface area contributed by atoms with Crippen molar-refractivity contribution < 1.29 is 0 Å². The van der Waals surface area contributed by atoms with Gasteiger partial charge in [-0.3, -0.25) is 4.90 Å². The number of rotatable bonds is 5. The summed E-state index contributed by atoms with van der Waals surface area (Å²) >= 11 is 1.86. The molecule has 1 aromatic rings. The highest BCUT2D eigenvalue weighted by Gasteiger charge is 2.38. The number of nitrogens with zero attached hydrogens (tertiary/aromatic N) is 1. The molecule has 1 saturated carbocycles. The van der Waals surface area contributed by atoms with E-state index in [0.717, 1.165) is 13.0 Å². The van der Waals surface area contributed by atoms with Gasteiger partial charge in [0.25, 0.3) is 0 Å². The van der Waals surface area contributed by atoms with Crippen LogP contribution in [-0.4, -0.2) is 30.1 Å². The molecule has 1 aliphatic rings. The Morgan fingerprint density at radius 2 is 2.18 bits per heavy atom. The molecule has 0 radical (unpaired) electrons. The van der Waals surface area contributed by atoms with E-state index < -0.39 is 0 Å². The highest BCUT2D eigenvalue weighted by molar-refractivity contribution is 7.09. The van der Waals surface area contributed by atoms with Gasteiger partial charge in [0, 0.05) is 23.0 Å². The van der Waals surface area contributed by atoms with Crippen LogP contribution in [0, 0.1) is 0 Å². The van der Waals surface area contributed by atoms with Crippen molar-refractivity contribution in [1.29, 1.82) is 0 Å². The van der Waals surface area contributed by atoms with Gasteiger partial charge in [-0.1, -0.05) is 18.9 Å². The van der Waals surface area contributed by atoms with Crippen molar-refractivity contribution in [3.63, 3.8) is 0 Å². The van der Waals surface area contributed by atoms with E-state index >= 15 is 0 Å². The van der Waals surface area contributed by atoms with E-state index in [2.05, 4.69) is 36.4 Å². The monoisotopic (exact) mass is 252 g/mol. The summed E-state index contributed by atoms with van der Waals surface area (Å²) in [5.74, 6) is 0. The molecule has 0 amide bonds. The van der Waals surface area contributed by atoms with E-state index in [1.807, 2.05) is 11.3 Å². The van der Waals surface area contributed by atoms with E-state index in [-0.39, 0.29) is 5.54 Å². The fourth-order valence-corrected chi connectivity index (χ4v) is 3.88. The minimum absolute atomic E-state index is 0.274. The molecule has 1 aliphatic carbocycles. The maximum Gasteiger partial charge on any atom is 0.0331 e. The van der Waals surface area contributed by atoms with Gasteiger partial charge in [-0.2, -0.15) is 0 Å². The van der Waals surface area contributed by atoms with Crippen molar-refractivity contribution in [1.82, 2.24) is 4.90 Å². The number of nitrogens with two attached hydrogens (primary N) is 1. The molecule has 0 aliphatic heterocycles. The molecule has 1 unspecified atom stereocenters. The fourth-order valence-electron chi connectivity index (χ4n) is 3.06. The summed E-state index contributed by atoms with van der Waals surface area (Å²) < 4.78 is 0. The van der Waals surface area contributed by atoms with Crippen LogP contribution in [0.25, 0.3) is 0 Å². The van der Waals surface area contributed by atoms with E-state index in [1.165, 1.54) is 30.6 Å². The molecule has 1 atom stereocenters. The Kier molecular flexibility index (Phi) is 4.23. The summed E-state index contributed by atoms with van der Waals surface area (Å²) in [6, 6.07) is 4.95. The van der Waals surface area contributed by atoms with Crippen molar-refractivity contribution in [2.24, 2.45) is 5.73 Å². The third kappa shape index (κ3) is 2.72.